The fraction of sp³-hybridized carbons (Fsp3) is 0.186. The van der Waals surface area contributed by atoms with Crippen LogP contribution in [0, 0.1) is 5.92 Å². The minimum absolute atomic E-state index is 0.0788. The average Bonchev–Trinajstić information content (AvgIpc) is 4.06. The summed E-state index contributed by atoms with van der Waals surface area (Å²) in [6.45, 7) is 11.5. The molecule has 2 aliphatic carbocycles. The second-order valence-corrected chi connectivity index (χ2v) is 19.4. The standard InChI is InChI=1S/C59H49N3OS/c1-6-35(2)56(47-24-16-23-45-43-21-10-14-28-53(43)64-57(45)47)61-58(60-36(3)37-29-30-42-41-20-9-13-27-51(41)63-52(42)34-37)38-17-15-18-39(33-38)62-49-26-12-8-22-46(49)54-50(62)32-31-44-40-19-7-11-25-48(40)59(4,5)55(44)54/h7-15,17-22,24-35,56H,6,16,23H2,1-5H3/b60-36+,61-58-. The van der Waals surface area contributed by atoms with E-state index >= 15 is 0 Å². The molecule has 0 fully saturated rings. The molecule has 12 rings (SSSR count). The van der Waals surface area contributed by atoms with Gasteiger partial charge < -0.3 is 8.98 Å². The molecule has 0 saturated heterocycles. The van der Waals surface area contributed by atoms with Crippen molar-refractivity contribution in [1.82, 2.24) is 4.57 Å². The molecule has 2 unspecified atom stereocenters. The molecule has 0 radical (unpaired) electrons. The first-order valence-corrected chi connectivity index (χ1v) is 23.6. The molecule has 0 bridgehead atoms. The maximum atomic E-state index is 6.37. The summed E-state index contributed by atoms with van der Waals surface area (Å²) in [5.41, 5.74) is 16.2. The summed E-state index contributed by atoms with van der Waals surface area (Å²) in [4.78, 5) is 12.8. The molecule has 10 aromatic rings. The Morgan fingerprint density at radius 2 is 1.48 bits per heavy atom. The number of amidine groups is 1. The summed E-state index contributed by atoms with van der Waals surface area (Å²) in [6, 6.07) is 55.0. The number of aromatic nitrogens is 1. The highest BCUT2D eigenvalue weighted by molar-refractivity contribution is 7.20. The van der Waals surface area contributed by atoms with E-state index < -0.39 is 0 Å². The molecule has 7 aromatic carbocycles. The molecule has 64 heavy (non-hydrogen) atoms. The molecule has 2 atom stereocenters. The number of aryl methyl sites for hydroxylation is 1. The molecule has 312 valence electrons. The number of hydrogen-bond donors (Lipinski definition) is 0. The lowest BCUT2D eigenvalue weighted by Gasteiger charge is -2.26. The number of benzene rings is 7. The lowest BCUT2D eigenvalue weighted by Crippen LogP contribution is -2.21. The van der Waals surface area contributed by atoms with Crippen molar-refractivity contribution >= 4 is 82.3 Å². The Kier molecular flexibility index (Phi) is 9.03. The number of para-hydroxylation sites is 2. The van der Waals surface area contributed by atoms with Gasteiger partial charge in [-0.3, -0.25) is 4.99 Å². The van der Waals surface area contributed by atoms with Crippen molar-refractivity contribution < 1.29 is 4.42 Å². The minimum atomic E-state index is -0.146. The molecule has 0 amide bonds. The Labute approximate surface area is 377 Å². The van der Waals surface area contributed by atoms with E-state index in [4.69, 9.17) is 14.4 Å². The summed E-state index contributed by atoms with van der Waals surface area (Å²) in [6.07, 6.45) is 5.53. The first kappa shape index (κ1) is 38.8. The summed E-state index contributed by atoms with van der Waals surface area (Å²) in [5.74, 6) is 1.02. The number of nitrogens with zero attached hydrogens (tertiary/aromatic N) is 3. The highest BCUT2D eigenvalue weighted by Crippen LogP contribution is 2.53. The van der Waals surface area contributed by atoms with E-state index in [2.05, 4.69) is 185 Å². The van der Waals surface area contributed by atoms with Gasteiger partial charge in [-0.05, 0) is 119 Å². The predicted molar refractivity (Wildman–Crippen MR) is 272 cm³/mol. The van der Waals surface area contributed by atoms with E-state index in [0.29, 0.717) is 0 Å². The van der Waals surface area contributed by atoms with E-state index in [1.807, 2.05) is 23.5 Å². The number of aliphatic imine (C=N–C) groups is 2. The molecule has 3 heterocycles. The summed E-state index contributed by atoms with van der Waals surface area (Å²) in [5, 5.41) is 6.21. The van der Waals surface area contributed by atoms with Crippen LogP contribution in [-0.4, -0.2) is 22.2 Å². The van der Waals surface area contributed by atoms with Gasteiger partial charge in [0.2, 0.25) is 0 Å². The van der Waals surface area contributed by atoms with Gasteiger partial charge >= 0.3 is 0 Å². The first-order valence-electron chi connectivity index (χ1n) is 22.8. The van der Waals surface area contributed by atoms with Gasteiger partial charge in [0.05, 0.1) is 17.1 Å². The van der Waals surface area contributed by atoms with Crippen molar-refractivity contribution in [1.29, 1.82) is 0 Å². The van der Waals surface area contributed by atoms with Crippen LogP contribution in [0.25, 0.3) is 76.2 Å². The van der Waals surface area contributed by atoms with Crippen molar-refractivity contribution in [2.75, 3.05) is 0 Å². The fourth-order valence-electron chi connectivity index (χ4n) is 10.9. The zero-order valence-electron chi connectivity index (χ0n) is 36.9. The third-order valence-corrected chi connectivity index (χ3v) is 15.5. The van der Waals surface area contributed by atoms with E-state index in [1.54, 1.807) is 0 Å². The molecule has 5 heteroatoms. The topological polar surface area (TPSA) is 42.8 Å². The Morgan fingerprint density at radius 1 is 0.719 bits per heavy atom. The van der Waals surface area contributed by atoms with Crippen LogP contribution < -0.4 is 0 Å². The number of allylic oxidation sites excluding steroid dienone is 1. The minimum Gasteiger partial charge on any atom is -0.456 e. The van der Waals surface area contributed by atoms with Crippen LogP contribution in [0.1, 0.15) is 80.2 Å². The zero-order valence-corrected chi connectivity index (χ0v) is 37.8. The van der Waals surface area contributed by atoms with E-state index in [9.17, 15) is 0 Å². The maximum absolute atomic E-state index is 6.37. The second-order valence-electron chi connectivity index (χ2n) is 18.3. The molecule has 2 aliphatic rings. The van der Waals surface area contributed by atoms with Crippen molar-refractivity contribution in [2.45, 2.75) is 65.3 Å². The highest BCUT2D eigenvalue weighted by Gasteiger charge is 2.38. The van der Waals surface area contributed by atoms with Crippen LogP contribution >= 0.6 is 11.3 Å². The molecule has 0 saturated carbocycles. The lowest BCUT2D eigenvalue weighted by molar-refractivity contribution is 0.513. The van der Waals surface area contributed by atoms with Gasteiger partial charge in [-0.25, -0.2) is 4.99 Å². The largest absolute Gasteiger partial charge is 0.456 e. The van der Waals surface area contributed by atoms with Gasteiger partial charge in [0, 0.05) is 53.5 Å². The van der Waals surface area contributed by atoms with Crippen molar-refractivity contribution in [3.05, 3.63) is 190 Å². The van der Waals surface area contributed by atoms with Crippen LogP contribution in [-0.2, 0) is 11.8 Å². The number of furan rings is 1. The Bertz CT molecular complexity index is 3630. The lowest BCUT2D eigenvalue weighted by atomic mass is 9.80. The van der Waals surface area contributed by atoms with E-state index in [0.717, 1.165) is 69.6 Å². The van der Waals surface area contributed by atoms with Crippen LogP contribution in [0.2, 0.25) is 0 Å². The van der Waals surface area contributed by atoms with Gasteiger partial charge in [-0.1, -0.05) is 143 Å². The first-order chi connectivity index (χ1) is 31.3. The van der Waals surface area contributed by atoms with Crippen LogP contribution in [0.4, 0.5) is 0 Å². The monoisotopic (exact) mass is 847 g/mol. The summed E-state index contributed by atoms with van der Waals surface area (Å²) in [7, 11) is 0. The van der Waals surface area contributed by atoms with Crippen LogP contribution in [0.3, 0.4) is 0 Å². The maximum Gasteiger partial charge on any atom is 0.155 e. The van der Waals surface area contributed by atoms with E-state index in [1.165, 1.54) is 70.2 Å². The van der Waals surface area contributed by atoms with Gasteiger partial charge in [-0.2, -0.15) is 0 Å². The molecule has 3 aromatic heterocycles. The van der Waals surface area contributed by atoms with Gasteiger partial charge in [0.15, 0.2) is 5.84 Å². The van der Waals surface area contributed by atoms with Crippen LogP contribution in [0.15, 0.2) is 172 Å². The molecule has 0 N–H and O–H groups in total. The molecular formula is C59H49N3OS. The average molecular weight is 848 g/mol. The Hall–Kier alpha value is -6.82. The quantitative estimate of drug-likeness (QED) is 0.116. The van der Waals surface area contributed by atoms with Gasteiger partial charge in [-0.15, -0.1) is 11.3 Å². The molecular weight excluding hydrogens is 799 g/mol. The molecule has 0 aliphatic heterocycles. The van der Waals surface area contributed by atoms with Gasteiger partial charge in [0.25, 0.3) is 0 Å². The van der Waals surface area contributed by atoms with Crippen LogP contribution in [0.5, 0.6) is 0 Å². The molecule has 4 nitrogen and oxygen atoms in total. The van der Waals surface area contributed by atoms with Crippen molar-refractivity contribution in [3.8, 4) is 16.8 Å². The zero-order chi connectivity index (χ0) is 43.3. The second kappa shape index (κ2) is 14.9. The fourth-order valence-corrected chi connectivity index (χ4v) is 12.2. The van der Waals surface area contributed by atoms with E-state index in [-0.39, 0.29) is 17.4 Å². The number of hydrogen-bond acceptors (Lipinski definition) is 3. The number of thiophene rings is 1. The Morgan fingerprint density at radius 3 is 2.36 bits per heavy atom. The normalized spacial score (nSPS) is 15.8. The highest BCUT2D eigenvalue weighted by atomic mass is 32.1. The smallest absolute Gasteiger partial charge is 0.155 e. The Balaban J connectivity index is 1.05. The third-order valence-electron chi connectivity index (χ3n) is 14.3. The SMILES string of the molecule is CCC(C)C(/N=C(\N=C(/C)c1ccc2c(c1)oc1ccccc12)c1cccc(-n2c3ccccc3c3c4c(ccc32)-c2ccccc2C4(C)C)c1)C1=CCCc2c1sc1ccccc21. The molecule has 0 spiro atoms. The third kappa shape index (κ3) is 5.94. The van der Waals surface area contributed by atoms with Crippen molar-refractivity contribution in [2.24, 2.45) is 15.9 Å². The predicted octanol–water partition coefficient (Wildman–Crippen LogP) is 15.9. The number of rotatable bonds is 7. The summed E-state index contributed by atoms with van der Waals surface area (Å²) < 4.78 is 10.2. The van der Waals surface area contributed by atoms with Crippen molar-refractivity contribution in [3.63, 3.8) is 0 Å². The van der Waals surface area contributed by atoms with Gasteiger partial charge in [0.1, 0.15) is 11.2 Å². The summed E-state index contributed by atoms with van der Waals surface area (Å²) >= 11 is 1.92. The number of fused-ring (bicyclic) bond motifs is 13.